The Morgan fingerprint density at radius 2 is 1.72 bits per heavy atom. The van der Waals surface area contributed by atoms with E-state index in [1.54, 1.807) is 12.1 Å². The van der Waals surface area contributed by atoms with E-state index in [4.69, 9.17) is 11.6 Å². The molecule has 5 heteroatoms. The second kappa shape index (κ2) is 6.04. The van der Waals surface area contributed by atoms with Gasteiger partial charge in [-0.25, -0.2) is 4.39 Å². The van der Waals surface area contributed by atoms with Gasteiger partial charge >= 0.3 is 0 Å². The monoisotopic (exact) mass is 391 g/mol. The molecule has 0 heterocycles. The molecule has 0 atom stereocenters. The van der Waals surface area contributed by atoms with Gasteiger partial charge in [0, 0.05) is 20.5 Å². The zero-order valence-corrected chi connectivity index (χ0v) is 13.1. The van der Waals surface area contributed by atoms with Gasteiger partial charge in [-0.15, -0.1) is 0 Å². The third-order valence-corrected chi connectivity index (χ3v) is 3.75. The molecule has 0 aliphatic heterocycles. The highest BCUT2D eigenvalue weighted by Crippen LogP contribution is 2.24. The SMILES string of the molecule is Fc1ccc(Br)cc1NCc1ccc(Br)cc1Cl. The molecule has 0 spiro atoms. The van der Waals surface area contributed by atoms with E-state index in [9.17, 15) is 4.39 Å². The lowest BCUT2D eigenvalue weighted by Gasteiger charge is -2.09. The second-order valence-corrected chi connectivity index (χ2v) is 5.95. The fraction of sp³-hybridized carbons (Fsp3) is 0.0769. The highest BCUT2D eigenvalue weighted by atomic mass is 79.9. The first kappa shape index (κ1) is 13.8. The van der Waals surface area contributed by atoms with E-state index in [2.05, 4.69) is 37.2 Å². The number of anilines is 1. The van der Waals surface area contributed by atoms with Gasteiger partial charge in [0.2, 0.25) is 0 Å². The van der Waals surface area contributed by atoms with E-state index in [1.165, 1.54) is 6.07 Å². The van der Waals surface area contributed by atoms with E-state index >= 15 is 0 Å². The summed E-state index contributed by atoms with van der Waals surface area (Å²) in [4.78, 5) is 0. The average Bonchev–Trinajstić information content (AvgIpc) is 2.32. The van der Waals surface area contributed by atoms with Gasteiger partial charge in [-0.3, -0.25) is 0 Å². The zero-order chi connectivity index (χ0) is 13.1. The summed E-state index contributed by atoms with van der Waals surface area (Å²) >= 11 is 12.7. The van der Waals surface area contributed by atoms with Crippen molar-refractivity contribution in [1.82, 2.24) is 0 Å². The number of nitrogens with one attached hydrogen (secondary N) is 1. The molecule has 2 aromatic rings. The highest BCUT2D eigenvalue weighted by Gasteiger charge is 2.05. The van der Waals surface area contributed by atoms with Gasteiger partial charge in [0.25, 0.3) is 0 Å². The Bertz CT molecular complexity index is 575. The number of rotatable bonds is 3. The largest absolute Gasteiger partial charge is 0.379 e. The molecular formula is C13H9Br2ClFN. The van der Waals surface area contributed by atoms with Gasteiger partial charge in [0.05, 0.1) is 5.69 Å². The van der Waals surface area contributed by atoms with Crippen molar-refractivity contribution in [1.29, 1.82) is 0 Å². The van der Waals surface area contributed by atoms with Gasteiger partial charge in [0.1, 0.15) is 5.82 Å². The smallest absolute Gasteiger partial charge is 0.146 e. The third kappa shape index (κ3) is 3.46. The maximum absolute atomic E-state index is 13.5. The zero-order valence-electron chi connectivity index (χ0n) is 9.18. The maximum Gasteiger partial charge on any atom is 0.146 e. The molecule has 94 valence electrons. The van der Waals surface area contributed by atoms with Crippen LogP contribution in [0.15, 0.2) is 45.3 Å². The van der Waals surface area contributed by atoms with Crippen LogP contribution in [0.25, 0.3) is 0 Å². The fourth-order valence-corrected chi connectivity index (χ4v) is 2.59. The molecule has 2 aromatic carbocycles. The Kier molecular flexibility index (Phi) is 4.65. The van der Waals surface area contributed by atoms with Crippen LogP contribution in [0.1, 0.15) is 5.56 Å². The molecule has 0 saturated heterocycles. The minimum absolute atomic E-state index is 0.286. The molecule has 0 aliphatic rings. The van der Waals surface area contributed by atoms with Gasteiger partial charge in [0.15, 0.2) is 0 Å². The van der Waals surface area contributed by atoms with Gasteiger partial charge in [-0.2, -0.15) is 0 Å². The van der Waals surface area contributed by atoms with Gasteiger partial charge in [-0.05, 0) is 35.9 Å². The van der Waals surface area contributed by atoms with Crippen molar-refractivity contribution in [2.45, 2.75) is 6.54 Å². The molecule has 0 unspecified atom stereocenters. The van der Waals surface area contributed by atoms with Crippen LogP contribution in [-0.4, -0.2) is 0 Å². The van der Waals surface area contributed by atoms with Crippen LogP contribution < -0.4 is 5.32 Å². The normalized spacial score (nSPS) is 10.4. The second-order valence-electron chi connectivity index (χ2n) is 3.71. The molecular weight excluding hydrogens is 384 g/mol. The molecule has 18 heavy (non-hydrogen) atoms. The molecule has 1 N–H and O–H groups in total. The van der Waals surface area contributed by atoms with Crippen molar-refractivity contribution in [3.05, 3.63) is 61.7 Å². The first-order valence-electron chi connectivity index (χ1n) is 5.19. The summed E-state index contributed by atoms with van der Waals surface area (Å²) in [7, 11) is 0. The summed E-state index contributed by atoms with van der Waals surface area (Å²) in [6.07, 6.45) is 0. The van der Waals surface area contributed by atoms with Gasteiger partial charge in [-0.1, -0.05) is 49.5 Å². The standard InChI is InChI=1S/C13H9Br2ClFN/c14-9-2-1-8(11(16)5-9)7-18-13-6-10(15)3-4-12(13)17/h1-6,18H,7H2. The van der Waals surface area contributed by atoms with Crippen molar-refractivity contribution < 1.29 is 4.39 Å². The Morgan fingerprint density at radius 1 is 1.06 bits per heavy atom. The Balaban J connectivity index is 2.13. The molecule has 0 amide bonds. The summed E-state index contributed by atoms with van der Waals surface area (Å²) in [6.45, 7) is 0.472. The average molecular weight is 393 g/mol. The molecule has 0 radical (unpaired) electrons. The number of hydrogen-bond acceptors (Lipinski definition) is 1. The summed E-state index contributed by atoms with van der Waals surface area (Å²) in [5.41, 5.74) is 1.36. The van der Waals surface area contributed by atoms with E-state index in [1.807, 2.05) is 18.2 Å². The molecule has 0 fully saturated rings. The van der Waals surface area contributed by atoms with Crippen molar-refractivity contribution in [2.24, 2.45) is 0 Å². The summed E-state index contributed by atoms with van der Waals surface area (Å²) in [6, 6.07) is 10.4. The van der Waals surface area contributed by atoms with Crippen molar-refractivity contribution in [3.63, 3.8) is 0 Å². The van der Waals surface area contributed by atoms with Crippen LogP contribution in [0.5, 0.6) is 0 Å². The maximum atomic E-state index is 13.5. The Morgan fingerprint density at radius 3 is 2.44 bits per heavy atom. The van der Waals surface area contributed by atoms with Crippen LogP contribution in [0.2, 0.25) is 5.02 Å². The van der Waals surface area contributed by atoms with Crippen LogP contribution >= 0.6 is 43.5 Å². The minimum atomic E-state index is -0.286. The summed E-state index contributed by atoms with van der Waals surface area (Å²) < 4.78 is 15.3. The predicted molar refractivity (Wildman–Crippen MR) is 80.6 cm³/mol. The fourth-order valence-electron chi connectivity index (χ4n) is 1.49. The summed E-state index contributed by atoms with van der Waals surface area (Å²) in [5, 5.41) is 3.67. The highest BCUT2D eigenvalue weighted by molar-refractivity contribution is 9.10. The van der Waals surface area contributed by atoms with Crippen LogP contribution in [0, 0.1) is 5.82 Å². The molecule has 2 rings (SSSR count). The third-order valence-electron chi connectivity index (χ3n) is 2.41. The number of halogens is 4. The molecule has 0 aliphatic carbocycles. The lowest BCUT2D eigenvalue weighted by molar-refractivity contribution is 0.630. The van der Waals surface area contributed by atoms with Crippen molar-refractivity contribution in [3.8, 4) is 0 Å². The predicted octanol–water partition coefficient (Wildman–Crippen LogP) is 5.62. The van der Waals surface area contributed by atoms with E-state index < -0.39 is 0 Å². The first-order chi connectivity index (χ1) is 8.56. The van der Waals surface area contributed by atoms with Gasteiger partial charge < -0.3 is 5.32 Å². The molecule has 0 saturated carbocycles. The van der Waals surface area contributed by atoms with E-state index in [-0.39, 0.29) is 5.82 Å². The Labute approximate surface area is 127 Å². The Hall–Kier alpha value is -0.580. The first-order valence-corrected chi connectivity index (χ1v) is 7.15. The van der Waals surface area contributed by atoms with Crippen molar-refractivity contribution >= 4 is 49.1 Å². The topological polar surface area (TPSA) is 12.0 Å². The molecule has 0 bridgehead atoms. The minimum Gasteiger partial charge on any atom is -0.379 e. The van der Waals surface area contributed by atoms with E-state index in [0.717, 1.165) is 14.5 Å². The van der Waals surface area contributed by atoms with E-state index in [0.29, 0.717) is 17.3 Å². The van der Waals surface area contributed by atoms with Crippen molar-refractivity contribution in [2.75, 3.05) is 5.32 Å². The van der Waals surface area contributed by atoms with Crippen LogP contribution in [0.4, 0.5) is 10.1 Å². The quantitative estimate of drug-likeness (QED) is 0.714. The lowest BCUT2D eigenvalue weighted by atomic mass is 10.2. The molecule has 1 nitrogen and oxygen atoms in total. The summed E-state index contributed by atoms with van der Waals surface area (Å²) in [5.74, 6) is -0.286. The molecule has 0 aromatic heterocycles. The number of benzene rings is 2. The van der Waals surface area contributed by atoms with Crippen LogP contribution in [-0.2, 0) is 6.54 Å². The lowest BCUT2D eigenvalue weighted by Crippen LogP contribution is -2.02. The van der Waals surface area contributed by atoms with Crippen LogP contribution in [0.3, 0.4) is 0 Å². The number of hydrogen-bond donors (Lipinski definition) is 1.